The predicted octanol–water partition coefficient (Wildman–Crippen LogP) is 0.734. The molecule has 4 nitrogen and oxygen atoms in total. The van der Waals surface area contributed by atoms with Crippen LogP contribution in [-0.4, -0.2) is 28.8 Å². The van der Waals surface area contributed by atoms with Crippen LogP contribution in [0.2, 0.25) is 0 Å². The second kappa shape index (κ2) is 4.11. The molecule has 14 heavy (non-hydrogen) atoms. The maximum atomic E-state index is 5.55. The minimum absolute atomic E-state index is 0.292. The Morgan fingerprint density at radius 1 is 1.71 bits per heavy atom. The molecule has 1 aliphatic rings. The zero-order chi connectivity index (χ0) is 9.97. The van der Waals surface area contributed by atoms with Gasteiger partial charge in [0, 0.05) is 24.9 Å². The van der Waals surface area contributed by atoms with E-state index in [0.29, 0.717) is 18.7 Å². The number of rotatable bonds is 3. The molecule has 0 aromatic carbocycles. The van der Waals surface area contributed by atoms with Crippen molar-refractivity contribution in [2.24, 2.45) is 5.73 Å². The Morgan fingerprint density at radius 3 is 3.21 bits per heavy atom. The smallest absolute Gasteiger partial charge is 0.0951 e. The number of ether oxygens (including phenoxy) is 1. The molecule has 2 rings (SSSR count). The summed E-state index contributed by atoms with van der Waals surface area (Å²) in [5.74, 6) is 0. The molecule has 1 aromatic heterocycles. The summed E-state index contributed by atoms with van der Waals surface area (Å²) < 4.78 is 7.76. The highest BCUT2D eigenvalue weighted by molar-refractivity contribution is 5.02. The Bertz CT molecular complexity index is 297. The van der Waals surface area contributed by atoms with Crippen LogP contribution in [-0.2, 0) is 11.2 Å². The summed E-state index contributed by atoms with van der Waals surface area (Å²) in [4.78, 5) is 4.17. The number of imidazole rings is 1. The monoisotopic (exact) mass is 195 g/mol. The molecule has 2 atom stereocenters. The molecule has 2 heterocycles. The van der Waals surface area contributed by atoms with Crippen LogP contribution < -0.4 is 5.73 Å². The van der Waals surface area contributed by atoms with Gasteiger partial charge in [0.15, 0.2) is 0 Å². The lowest BCUT2D eigenvalue weighted by atomic mass is 10.1. The normalized spacial score (nSPS) is 27.0. The van der Waals surface area contributed by atoms with Gasteiger partial charge in [-0.3, -0.25) is 0 Å². The molecule has 0 bridgehead atoms. The first-order valence-corrected chi connectivity index (χ1v) is 5.15. The lowest BCUT2D eigenvalue weighted by Crippen LogP contribution is -2.19. The van der Waals surface area contributed by atoms with Crippen molar-refractivity contribution in [3.8, 4) is 0 Å². The van der Waals surface area contributed by atoms with E-state index >= 15 is 0 Å². The molecule has 78 valence electrons. The molecule has 1 aromatic rings. The quantitative estimate of drug-likeness (QED) is 0.773. The van der Waals surface area contributed by atoms with E-state index in [1.165, 1.54) is 5.69 Å². The second-order valence-electron chi connectivity index (χ2n) is 3.76. The van der Waals surface area contributed by atoms with E-state index in [4.69, 9.17) is 10.5 Å². The van der Waals surface area contributed by atoms with Crippen LogP contribution in [0.15, 0.2) is 12.5 Å². The Kier molecular flexibility index (Phi) is 2.84. The van der Waals surface area contributed by atoms with Gasteiger partial charge < -0.3 is 15.0 Å². The molecule has 1 saturated heterocycles. The van der Waals surface area contributed by atoms with Gasteiger partial charge in [0.05, 0.1) is 18.5 Å². The number of hydrogen-bond donors (Lipinski definition) is 1. The van der Waals surface area contributed by atoms with Gasteiger partial charge in [-0.15, -0.1) is 0 Å². The topological polar surface area (TPSA) is 53.1 Å². The van der Waals surface area contributed by atoms with Crippen LogP contribution >= 0.6 is 0 Å². The molecule has 0 radical (unpaired) electrons. The molecule has 2 unspecified atom stereocenters. The maximum Gasteiger partial charge on any atom is 0.0951 e. The van der Waals surface area contributed by atoms with Crippen LogP contribution in [0.3, 0.4) is 0 Å². The molecule has 0 amide bonds. The zero-order valence-corrected chi connectivity index (χ0v) is 8.52. The molecule has 1 aliphatic heterocycles. The van der Waals surface area contributed by atoms with Gasteiger partial charge >= 0.3 is 0 Å². The number of nitrogens with two attached hydrogens (primary N) is 1. The van der Waals surface area contributed by atoms with E-state index in [2.05, 4.69) is 16.5 Å². The maximum absolute atomic E-state index is 5.55. The van der Waals surface area contributed by atoms with Crippen LogP contribution in [0, 0.1) is 0 Å². The third-order valence-corrected chi connectivity index (χ3v) is 2.84. The number of aromatic nitrogens is 2. The van der Waals surface area contributed by atoms with Crippen LogP contribution in [0.25, 0.3) is 0 Å². The fraction of sp³-hybridized carbons (Fsp3) is 0.700. The van der Waals surface area contributed by atoms with Crippen LogP contribution in [0.5, 0.6) is 0 Å². The SMILES string of the molecule is CC1OCCC1n1cncc1CCN. The van der Waals surface area contributed by atoms with Crippen molar-refractivity contribution in [3.63, 3.8) is 0 Å². The van der Waals surface area contributed by atoms with Crippen molar-refractivity contribution in [1.29, 1.82) is 0 Å². The molecular weight excluding hydrogens is 178 g/mol. The first kappa shape index (κ1) is 9.68. The van der Waals surface area contributed by atoms with Crippen molar-refractivity contribution >= 4 is 0 Å². The fourth-order valence-electron chi connectivity index (χ4n) is 2.06. The Morgan fingerprint density at radius 2 is 2.57 bits per heavy atom. The van der Waals surface area contributed by atoms with Crippen molar-refractivity contribution in [3.05, 3.63) is 18.2 Å². The highest BCUT2D eigenvalue weighted by Crippen LogP contribution is 2.26. The first-order valence-electron chi connectivity index (χ1n) is 5.15. The van der Waals surface area contributed by atoms with E-state index in [9.17, 15) is 0 Å². The molecule has 2 N–H and O–H groups in total. The summed E-state index contributed by atoms with van der Waals surface area (Å²) in [5, 5.41) is 0. The summed E-state index contributed by atoms with van der Waals surface area (Å²) in [6, 6.07) is 0.444. The Labute approximate surface area is 84.1 Å². The third kappa shape index (κ3) is 1.67. The van der Waals surface area contributed by atoms with E-state index in [1.54, 1.807) is 0 Å². The van der Waals surface area contributed by atoms with Crippen molar-refractivity contribution in [2.75, 3.05) is 13.2 Å². The van der Waals surface area contributed by atoms with Gasteiger partial charge in [0.2, 0.25) is 0 Å². The molecule has 1 fully saturated rings. The third-order valence-electron chi connectivity index (χ3n) is 2.84. The average molecular weight is 195 g/mol. The highest BCUT2D eigenvalue weighted by atomic mass is 16.5. The summed E-state index contributed by atoms with van der Waals surface area (Å²) in [6.45, 7) is 3.64. The highest BCUT2D eigenvalue weighted by Gasteiger charge is 2.26. The number of hydrogen-bond acceptors (Lipinski definition) is 3. The second-order valence-corrected chi connectivity index (χ2v) is 3.76. The first-order chi connectivity index (χ1) is 6.83. The van der Waals surface area contributed by atoms with Crippen molar-refractivity contribution in [1.82, 2.24) is 9.55 Å². The predicted molar refractivity (Wildman–Crippen MR) is 54.1 cm³/mol. The van der Waals surface area contributed by atoms with E-state index in [1.807, 2.05) is 12.5 Å². The molecular formula is C10H17N3O. The van der Waals surface area contributed by atoms with Gasteiger partial charge in [-0.05, 0) is 19.9 Å². The summed E-state index contributed by atoms with van der Waals surface area (Å²) >= 11 is 0. The fourth-order valence-corrected chi connectivity index (χ4v) is 2.06. The van der Waals surface area contributed by atoms with Crippen LogP contribution in [0.4, 0.5) is 0 Å². The van der Waals surface area contributed by atoms with Crippen molar-refractivity contribution in [2.45, 2.75) is 31.9 Å². The Balaban J connectivity index is 2.17. The van der Waals surface area contributed by atoms with Gasteiger partial charge in [0.25, 0.3) is 0 Å². The summed E-state index contributed by atoms with van der Waals surface area (Å²) in [6.07, 6.45) is 6.05. The van der Waals surface area contributed by atoms with Crippen LogP contribution in [0.1, 0.15) is 25.1 Å². The van der Waals surface area contributed by atoms with Crippen molar-refractivity contribution < 1.29 is 4.74 Å². The van der Waals surface area contributed by atoms with Gasteiger partial charge in [-0.2, -0.15) is 0 Å². The largest absolute Gasteiger partial charge is 0.376 e. The lowest BCUT2D eigenvalue weighted by Gasteiger charge is -2.18. The molecule has 4 heteroatoms. The van der Waals surface area contributed by atoms with Gasteiger partial charge in [-0.1, -0.05) is 0 Å². The summed E-state index contributed by atoms with van der Waals surface area (Å²) in [5.41, 5.74) is 6.77. The summed E-state index contributed by atoms with van der Waals surface area (Å²) in [7, 11) is 0. The van der Waals surface area contributed by atoms with Gasteiger partial charge in [0.1, 0.15) is 0 Å². The average Bonchev–Trinajstić information content (AvgIpc) is 2.74. The molecule has 0 spiro atoms. The van der Waals surface area contributed by atoms with E-state index in [0.717, 1.165) is 19.4 Å². The molecule has 0 saturated carbocycles. The molecule has 0 aliphatic carbocycles. The number of nitrogens with zero attached hydrogens (tertiary/aromatic N) is 2. The standard InChI is InChI=1S/C10H17N3O/c1-8-10(3-5-14-8)13-7-12-6-9(13)2-4-11/h6-8,10H,2-5,11H2,1H3. The van der Waals surface area contributed by atoms with E-state index in [-0.39, 0.29) is 0 Å². The minimum atomic E-state index is 0.292. The minimum Gasteiger partial charge on any atom is -0.376 e. The van der Waals surface area contributed by atoms with E-state index < -0.39 is 0 Å². The zero-order valence-electron chi connectivity index (χ0n) is 8.52. The van der Waals surface area contributed by atoms with Gasteiger partial charge in [-0.25, -0.2) is 4.98 Å². The lowest BCUT2D eigenvalue weighted by molar-refractivity contribution is 0.107. The Hall–Kier alpha value is -0.870.